The Morgan fingerprint density at radius 3 is 2.89 bits per heavy atom. The molecule has 1 heterocycles. The van der Waals surface area contributed by atoms with Crippen molar-refractivity contribution in [1.82, 2.24) is 10.6 Å². The minimum atomic E-state index is -0.425. The standard InChI is InChI=1S/C13H15N3O2/c17-11(15-8-5-6-8)7-14-12-9-3-1-2-4-10(9)16-13(12)18/h1-4,8,12,14H,5-7H2,(H,15,17)(H,16,18). The van der Waals surface area contributed by atoms with Crippen molar-refractivity contribution in [3.8, 4) is 0 Å². The van der Waals surface area contributed by atoms with Gasteiger partial charge >= 0.3 is 0 Å². The number of carbonyl (C=O) groups is 2. The maximum atomic E-state index is 11.8. The van der Waals surface area contributed by atoms with Crippen LogP contribution in [0.25, 0.3) is 0 Å². The topological polar surface area (TPSA) is 70.2 Å². The number of nitrogens with one attached hydrogen (secondary N) is 3. The Labute approximate surface area is 105 Å². The highest BCUT2D eigenvalue weighted by molar-refractivity contribution is 6.02. The van der Waals surface area contributed by atoms with Gasteiger partial charge in [0.05, 0.1) is 6.54 Å². The van der Waals surface area contributed by atoms with E-state index in [9.17, 15) is 9.59 Å². The average molecular weight is 245 g/mol. The molecule has 2 aliphatic rings. The molecule has 5 heteroatoms. The van der Waals surface area contributed by atoms with Crippen molar-refractivity contribution in [3.63, 3.8) is 0 Å². The number of para-hydroxylation sites is 1. The summed E-state index contributed by atoms with van der Waals surface area (Å²) >= 11 is 0. The molecule has 0 radical (unpaired) electrons. The highest BCUT2D eigenvalue weighted by Gasteiger charge is 2.30. The first-order valence-electron chi connectivity index (χ1n) is 6.16. The second-order valence-corrected chi connectivity index (χ2v) is 4.73. The van der Waals surface area contributed by atoms with Gasteiger partial charge in [-0.15, -0.1) is 0 Å². The van der Waals surface area contributed by atoms with Crippen LogP contribution >= 0.6 is 0 Å². The molecule has 1 aromatic rings. The summed E-state index contributed by atoms with van der Waals surface area (Å²) in [4.78, 5) is 23.3. The Bertz CT molecular complexity index is 497. The molecule has 0 saturated heterocycles. The highest BCUT2D eigenvalue weighted by atomic mass is 16.2. The van der Waals surface area contributed by atoms with Crippen molar-refractivity contribution < 1.29 is 9.59 Å². The lowest BCUT2D eigenvalue weighted by Crippen LogP contribution is -2.38. The minimum Gasteiger partial charge on any atom is -0.352 e. The lowest BCUT2D eigenvalue weighted by molar-refractivity contribution is -0.121. The van der Waals surface area contributed by atoms with Crippen LogP contribution in [0.3, 0.4) is 0 Å². The molecule has 1 unspecified atom stereocenters. The molecule has 0 aromatic heterocycles. The van der Waals surface area contributed by atoms with Crippen molar-refractivity contribution in [2.75, 3.05) is 11.9 Å². The van der Waals surface area contributed by atoms with Gasteiger partial charge in [0, 0.05) is 17.3 Å². The molecule has 1 fully saturated rings. The summed E-state index contributed by atoms with van der Waals surface area (Å²) in [5, 5.41) is 8.67. The first kappa shape index (κ1) is 11.2. The van der Waals surface area contributed by atoms with Crippen molar-refractivity contribution >= 4 is 17.5 Å². The average Bonchev–Trinajstić information content (AvgIpc) is 3.09. The number of fused-ring (bicyclic) bond motifs is 1. The van der Waals surface area contributed by atoms with E-state index >= 15 is 0 Å². The molecule has 3 rings (SSSR count). The van der Waals surface area contributed by atoms with E-state index in [1.165, 1.54) is 0 Å². The van der Waals surface area contributed by atoms with Crippen LogP contribution in [0.5, 0.6) is 0 Å². The second-order valence-electron chi connectivity index (χ2n) is 4.73. The zero-order valence-electron chi connectivity index (χ0n) is 9.90. The predicted octanol–water partition coefficient (Wildman–Crippen LogP) is 0.548. The fourth-order valence-electron chi connectivity index (χ4n) is 2.11. The molecular weight excluding hydrogens is 230 g/mol. The summed E-state index contributed by atoms with van der Waals surface area (Å²) in [5.74, 6) is -0.148. The summed E-state index contributed by atoms with van der Waals surface area (Å²) in [6.45, 7) is 0.170. The van der Waals surface area contributed by atoms with Gasteiger partial charge in [-0.1, -0.05) is 18.2 Å². The van der Waals surface area contributed by atoms with E-state index in [0.29, 0.717) is 6.04 Å². The van der Waals surface area contributed by atoms with Crippen LogP contribution in [0.4, 0.5) is 5.69 Å². The Morgan fingerprint density at radius 1 is 1.33 bits per heavy atom. The molecule has 94 valence electrons. The van der Waals surface area contributed by atoms with Gasteiger partial charge in [-0.3, -0.25) is 14.9 Å². The van der Waals surface area contributed by atoms with Crippen LogP contribution in [0.15, 0.2) is 24.3 Å². The Kier molecular flexibility index (Phi) is 2.76. The van der Waals surface area contributed by atoms with E-state index in [1.807, 2.05) is 24.3 Å². The maximum absolute atomic E-state index is 11.8. The van der Waals surface area contributed by atoms with E-state index in [4.69, 9.17) is 0 Å². The third kappa shape index (κ3) is 2.22. The predicted molar refractivity (Wildman–Crippen MR) is 67.0 cm³/mol. The van der Waals surface area contributed by atoms with E-state index < -0.39 is 6.04 Å². The first-order valence-corrected chi connectivity index (χ1v) is 6.16. The molecule has 0 spiro atoms. The minimum absolute atomic E-state index is 0.0466. The first-order chi connectivity index (χ1) is 8.74. The largest absolute Gasteiger partial charge is 0.352 e. The monoisotopic (exact) mass is 245 g/mol. The Balaban J connectivity index is 1.62. The van der Waals surface area contributed by atoms with Crippen molar-refractivity contribution in [1.29, 1.82) is 0 Å². The van der Waals surface area contributed by atoms with Gasteiger partial charge < -0.3 is 10.6 Å². The number of anilines is 1. The van der Waals surface area contributed by atoms with Crippen molar-refractivity contribution in [2.45, 2.75) is 24.9 Å². The molecule has 5 nitrogen and oxygen atoms in total. The summed E-state index contributed by atoms with van der Waals surface area (Å²) < 4.78 is 0. The van der Waals surface area contributed by atoms with E-state index in [-0.39, 0.29) is 18.4 Å². The molecule has 1 aliphatic heterocycles. The molecule has 2 amide bonds. The zero-order chi connectivity index (χ0) is 12.5. The number of hydrogen-bond donors (Lipinski definition) is 3. The highest BCUT2D eigenvalue weighted by Crippen LogP contribution is 2.29. The number of hydrogen-bond acceptors (Lipinski definition) is 3. The molecular formula is C13H15N3O2. The van der Waals surface area contributed by atoms with Crippen molar-refractivity contribution in [3.05, 3.63) is 29.8 Å². The van der Waals surface area contributed by atoms with Gasteiger partial charge in [-0.25, -0.2) is 0 Å². The molecule has 1 saturated carbocycles. The van der Waals surface area contributed by atoms with Gasteiger partial charge in [-0.2, -0.15) is 0 Å². The van der Waals surface area contributed by atoms with Crippen LogP contribution in [0.1, 0.15) is 24.4 Å². The third-order valence-electron chi connectivity index (χ3n) is 3.20. The second kappa shape index (κ2) is 4.42. The smallest absolute Gasteiger partial charge is 0.246 e. The van der Waals surface area contributed by atoms with Gasteiger partial charge in [0.1, 0.15) is 6.04 Å². The molecule has 1 atom stereocenters. The van der Waals surface area contributed by atoms with Gasteiger partial charge in [0.15, 0.2) is 0 Å². The third-order valence-corrected chi connectivity index (χ3v) is 3.20. The number of rotatable bonds is 4. The SMILES string of the molecule is O=C(CNC1C(=O)Nc2ccccc21)NC1CC1. The molecule has 1 aromatic carbocycles. The molecule has 0 bridgehead atoms. The summed E-state index contributed by atoms with van der Waals surface area (Å²) in [7, 11) is 0. The number of amides is 2. The Morgan fingerprint density at radius 2 is 2.11 bits per heavy atom. The number of benzene rings is 1. The van der Waals surface area contributed by atoms with E-state index in [1.54, 1.807) is 0 Å². The lowest BCUT2D eigenvalue weighted by Gasteiger charge is -2.11. The van der Waals surface area contributed by atoms with Crippen molar-refractivity contribution in [2.24, 2.45) is 0 Å². The fourth-order valence-corrected chi connectivity index (χ4v) is 2.11. The van der Waals surface area contributed by atoms with E-state index in [0.717, 1.165) is 24.1 Å². The summed E-state index contributed by atoms with van der Waals surface area (Å²) in [6.07, 6.45) is 2.14. The molecule has 1 aliphatic carbocycles. The van der Waals surface area contributed by atoms with Gasteiger partial charge in [0.2, 0.25) is 11.8 Å². The maximum Gasteiger partial charge on any atom is 0.246 e. The lowest BCUT2D eigenvalue weighted by atomic mass is 10.1. The number of carbonyl (C=O) groups excluding carboxylic acids is 2. The van der Waals surface area contributed by atoms with Gasteiger partial charge in [0.25, 0.3) is 0 Å². The van der Waals surface area contributed by atoms with Crippen LogP contribution < -0.4 is 16.0 Å². The quantitative estimate of drug-likeness (QED) is 0.725. The van der Waals surface area contributed by atoms with E-state index in [2.05, 4.69) is 16.0 Å². The summed E-state index contributed by atoms with van der Waals surface area (Å²) in [5.41, 5.74) is 1.73. The van der Waals surface area contributed by atoms with Crippen LogP contribution in [0, 0.1) is 0 Å². The summed E-state index contributed by atoms with van der Waals surface area (Å²) in [6, 6.07) is 7.44. The fraction of sp³-hybridized carbons (Fsp3) is 0.385. The van der Waals surface area contributed by atoms with Crippen LogP contribution in [-0.4, -0.2) is 24.4 Å². The normalized spacial score (nSPS) is 21.3. The van der Waals surface area contributed by atoms with Crippen LogP contribution in [-0.2, 0) is 9.59 Å². The van der Waals surface area contributed by atoms with Crippen LogP contribution in [0.2, 0.25) is 0 Å². The molecule has 3 N–H and O–H groups in total. The van der Waals surface area contributed by atoms with Gasteiger partial charge in [-0.05, 0) is 18.9 Å². The molecule has 18 heavy (non-hydrogen) atoms. The Hall–Kier alpha value is -1.88. The zero-order valence-corrected chi connectivity index (χ0v) is 9.90.